The lowest BCUT2D eigenvalue weighted by Crippen LogP contribution is -2.14. The molecule has 0 aromatic heterocycles. The first kappa shape index (κ1) is 12.7. The summed E-state index contributed by atoms with van der Waals surface area (Å²) in [6, 6.07) is 3.33. The predicted molar refractivity (Wildman–Crippen MR) is 54.4 cm³/mol. The molecule has 0 radical (unpaired) electrons. The number of halogens is 3. The number of hydrogen-bond donors (Lipinski definition) is 1. The molecule has 88 valence electrons. The number of Topliss-reactive ketones (excluding diaryl/α,β-unsaturated/α-hetero) is 1. The number of aromatic hydroxyl groups is 1. The summed E-state index contributed by atoms with van der Waals surface area (Å²) in [4.78, 5) is 11.5. The van der Waals surface area contributed by atoms with Crippen LogP contribution in [-0.2, 0) is 0 Å². The third-order valence-electron chi connectivity index (χ3n) is 1.81. The van der Waals surface area contributed by atoms with Gasteiger partial charge in [0.05, 0.1) is 10.9 Å². The van der Waals surface area contributed by atoms with Crippen LogP contribution in [0.15, 0.2) is 18.2 Å². The standard InChI is InChI=1S/C10H9ClF2O3/c1-5(11)9(15)7-3-2-6(14)4-8(7)16-10(12)13/h2-5,10,14H,1H3. The van der Waals surface area contributed by atoms with Gasteiger partial charge in [0.2, 0.25) is 0 Å². The van der Waals surface area contributed by atoms with E-state index in [1.165, 1.54) is 19.1 Å². The van der Waals surface area contributed by atoms with E-state index in [2.05, 4.69) is 4.74 Å². The van der Waals surface area contributed by atoms with Crippen LogP contribution in [0, 0.1) is 0 Å². The summed E-state index contributed by atoms with van der Waals surface area (Å²) in [6.45, 7) is -1.65. The predicted octanol–water partition coefficient (Wildman–Crippen LogP) is 2.80. The first-order valence-corrected chi connectivity index (χ1v) is 4.81. The first-order valence-electron chi connectivity index (χ1n) is 4.38. The summed E-state index contributed by atoms with van der Waals surface area (Å²) in [5, 5.41) is 8.24. The molecular formula is C10H9ClF2O3. The van der Waals surface area contributed by atoms with E-state index in [4.69, 9.17) is 16.7 Å². The van der Waals surface area contributed by atoms with Gasteiger partial charge < -0.3 is 9.84 Å². The molecular weight excluding hydrogens is 242 g/mol. The lowest BCUT2D eigenvalue weighted by molar-refractivity contribution is -0.0502. The summed E-state index contributed by atoms with van der Waals surface area (Å²) in [5.41, 5.74) is -0.0828. The van der Waals surface area contributed by atoms with E-state index in [1.807, 2.05) is 0 Å². The Morgan fingerprint density at radius 2 is 2.12 bits per heavy atom. The number of phenols is 1. The Balaban J connectivity index is 3.12. The maximum Gasteiger partial charge on any atom is 0.387 e. The molecule has 0 aliphatic rings. The molecule has 1 aromatic carbocycles. The third-order valence-corrected chi connectivity index (χ3v) is 2.01. The SMILES string of the molecule is CC(Cl)C(=O)c1ccc(O)cc1OC(F)F. The fraction of sp³-hybridized carbons (Fsp3) is 0.300. The number of phenolic OH excluding ortho intramolecular Hbond substituents is 1. The highest BCUT2D eigenvalue weighted by molar-refractivity contribution is 6.33. The Morgan fingerprint density at radius 3 is 2.62 bits per heavy atom. The highest BCUT2D eigenvalue weighted by atomic mass is 35.5. The largest absolute Gasteiger partial charge is 0.508 e. The van der Waals surface area contributed by atoms with Gasteiger partial charge in [-0.3, -0.25) is 4.79 Å². The summed E-state index contributed by atoms with van der Waals surface area (Å²) in [5.74, 6) is -1.20. The van der Waals surface area contributed by atoms with Crippen LogP contribution in [0.2, 0.25) is 0 Å². The minimum atomic E-state index is -3.07. The Labute approximate surface area is 95.6 Å². The minimum absolute atomic E-state index is 0.0828. The molecule has 0 heterocycles. The van der Waals surface area contributed by atoms with Crippen LogP contribution in [0.5, 0.6) is 11.5 Å². The Bertz CT molecular complexity index is 394. The van der Waals surface area contributed by atoms with Gasteiger partial charge in [-0.2, -0.15) is 8.78 Å². The number of ether oxygens (including phenoxy) is 1. The quantitative estimate of drug-likeness (QED) is 0.660. The van der Waals surface area contributed by atoms with Crippen molar-refractivity contribution >= 4 is 17.4 Å². The molecule has 0 aliphatic carbocycles. The average Bonchev–Trinajstić information content (AvgIpc) is 2.15. The monoisotopic (exact) mass is 250 g/mol. The zero-order valence-corrected chi connectivity index (χ0v) is 9.04. The van der Waals surface area contributed by atoms with E-state index in [0.29, 0.717) is 0 Å². The molecule has 0 fully saturated rings. The Kier molecular flexibility index (Phi) is 4.06. The maximum atomic E-state index is 12.0. The molecule has 1 rings (SSSR count). The van der Waals surface area contributed by atoms with Gasteiger partial charge >= 0.3 is 6.61 Å². The van der Waals surface area contributed by atoms with Crippen molar-refractivity contribution in [2.45, 2.75) is 18.9 Å². The number of carbonyl (C=O) groups excluding carboxylic acids is 1. The second-order valence-corrected chi connectivity index (χ2v) is 3.69. The molecule has 1 atom stereocenters. The Morgan fingerprint density at radius 1 is 1.50 bits per heavy atom. The summed E-state index contributed by atoms with van der Waals surface area (Å²) < 4.78 is 28.2. The number of ketones is 1. The fourth-order valence-electron chi connectivity index (χ4n) is 1.12. The van der Waals surface area contributed by atoms with Crippen molar-refractivity contribution in [3.63, 3.8) is 0 Å². The number of benzene rings is 1. The van der Waals surface area contributed by atoms with E-state index in [1.54, 1.807) is 0 Å². The average molecular weight is 251 g/mol. The van der Waals surface area contributed by atoms with Gasteiger partial charge in [-0.25, -0.2) is 0 Å². The van der Waals surface area contributed by atoms with Gasteiger partial charge in [-0.15, -0.1) is 11.6 Å². The molecule has 0 bridgehead atoms. The first-order chi connectivity index (χ1) is 7.41. The van der Waals surface area contributed by atoms with Crippen LogP contribution in [0.1, 0.15) is 17.3 Å². The lowest BCUT2D eigenvalue weighted by Gasteiger charge is -2.11. The molecule has 16 heavy (non-hydrogen) atoms. The smallest absolute Gasteiger partial charge is 0.387 e. The van der Waals surface area contributed by atoms with Gasteiger partial charge in [0.25, 0.3) is 0 Å². The van der Waals surface area contributed by atoms with Crippen LogP contribution in [0.3, 0.4) is 0 Å². The summed E-state index contributed by atoms with van der Waals surface area (Å²) >= 11 is 5.56. The van der Waals surface area contributed by atoms with Crippen LogP contribution in [-0.4, -0.2) is 22.9 Å². The molecule has 1 aromatic rings. The third kappa shape index (κ3) is 3.06. The van der Waals surface area contributed by atoms with Gasteiger partial charge in [0.15, 0.2) is 5.78 Å². The lowest BCUT2D eigenvalue weighted by atomic mass is 10.1. The van der Waals surface area contributed by atoms with Gasteiger partial charge in [0, 0.05) is 6.07 Å². The van der Waals surface area contributed by atoms with Gasteiger partial charge in [-0.05, 0) is 19.1 Å². The van der Waals surface area contributed by atoms with E-state index >= 15 is 0 Å². The Hall–Kier alpha value is -1.36. The van der Waals surface area contributed by atoms with Crippen molar-refractivity contribution in [3.05, 3.63) is 23.8 Å². The minimum Gasteiger partial charge on any atom is -0.508 e. The van der Waals surface area contributed by atoms with Crippen LogP contribution >= 0.6 is 11.6 Å². The van der Waals surface area contributed by atoms with Crippen molar-refractivity contribution < 1.29 is 23.4 Å². The topological polar surface area (TPSA) is 46.5 Å². The van der Waals surface area contributed by atoms with E-state index in [-0.39, 0.29) is 17.1 Å². The number of rotatable bonds is 4. The van der Waals surface area contributed by atoms with Crippen molar-refractivity contribution in [1.82, 2.24) is 0 Å². The number of alkyl halides is 3. The second kappa shape index (κ2) is 5.12. The molecule has 0 amide bonds. The van der Waals surface area contributed by atoms with E-state index in [0.717, 1.165) is 6.07 Å². The molecule has 0 saturated heterocycles. The molecule has 0 aliphatic heterocycles. The highest BCUT2D eigenvalue weighted by Crippen LogP contribution is 2.27. The van der Waals surface area contributed by atoms with Crippen molar-refractivity contribution in [2.24, 2.45) is 0 Å². The molecule has 1 unspecified atom stereocenters. The zero-order chi connectivity index (χ0) is 12.3. The fourth-order valence-corrected chi connectivity index (χ4v) is 1.24. The normalized spacial score (nSPS) is 12.6. The van der Waals surface area contributed by atoms with E-state index < -0.39 is 17.8 Å². The van der Waals surface area contributed by atoms with Crippen molar-refractivity contribution in [2.75, 3.05) is 0 Å². The zero-order valence-electron chi connectivity index (χ0n) is 8.28. The number of carbonyl (C=O) groups is 1. The maximum absolute atomic E-state index is 12.0. The number of hydrogen-bond acceptors (Lipinski definition) is 3. The van der Waals surface area contributed by atoms with Gasteiger partial charge in [-0.1, -0.05) is 0 Å². The second-order valence-electron chi connectivity index (χ2n) is 3.04. The molecule has 1 N–H and O–H groups in total. The summed E-state index contributed by atoms with van der Waals surface area (Å²) in [6.07, 6.45) is 0. The van der Waals surface area contributed by atoms with Gasteiger partial charge in [0.1, 0.15) is 11.5 Å². The molecule has 6 heteroatoms. The van der Waals surface area contributed by atoms with Crippen LogP contribution in [0.4, 0.5) is 8.78 Å². The summed E-state index contributed by atoms with van der Waals surface area (Å²) in [7, 11) is 0. The van der Waals surface area contributed by atoms with Crippen molar-refractivity contribution in [1.29, 1.82) is 0 Å². The van der Waals surface area contributed by atoms with E-state index in [9.17, 15) is 13.6 Å². The molecule has 0 spiro atoms. The van der Waals surface area contributed by atoms with Crippen LogP contribution < -0.4 is 4.74 Å². The van der Waals surface area contributed by atoms with Crippen LogP contribution in [0.25, 0.3) is 0 Å². The van der Waals surface area contributed by atoms with Crippen molar-refractivity contribution in [3.8, 4) is 11.5 Å². The highest BCUT2D eigenvalue weighted by Gasteiger charge is 2.19. The molecule has 0 saturated carbocycles. The molecule has 3 nitrogen and oxygen atoms in total.